The second-order valence-electron chi connectivity index (χ2n) is 4.59. The zero-order valence-electron chi connectivity index (χ0n) is 10.5. The van der Waals surface area contributed by atoms with Crippen molar-refractivity contribution in [3.63, 3.8) is 0 Å². The van der Waals surface area contributed by atoms with Gasteiger partial charge in [-0.1, -0.05) is 39.5 Å². The van der Waals surface area contributed by atoms with Gasteiger partial charge < -0.3 is 9.47 Å². The average molecular weight is 228 g/mol. The van der Waals surface area contributed by atoms with Crippen LogP contribution in [0.5, 0.6) is 0 Å². The van der Waals surface area contributed by atoms with Crippen LogP contribution in [0, 0.1) is 5.92 Å². The summed E-state index contributed by atoms with van der Waals surface area (Å²) in [7, 11) is 0. The summed E-state index contributed by atoms with van der Waals surface area (Å²) in [6.07, 6.45) is 6.07. The highest BCUT2D eigenvalue weighted by Crippen LogP contribution is 2.16. The fraction of sp³-hybridized carbons (Fsp3) is 0.923. The van der Waals surface area contributed by atoms with Crippen molar-refractivity contribution in [2.24, 2.45) is 5.92 Å². The summed E-state index contributed by atoms with van der Waals surface area (Å²) >= 11 is 0. The molecule has 0 aromatic carbocycles. The van der Waals surface area contributed by atoms with Crippen LogP contribution in [-0.2, 0) is 14.3 Å². The van der Waals surface area contributed by atoms with Crippen LogP contribution in [0.1, 0.15) is 52.4 Å². The van der Waals surface area contributed by atoms with Crippen LogP contribution >= 0.6 is 0 Å². The van der Waals surface area contributed by atoms with E-state index in [-0.39, 0.29) is 18.0 Å². The molecule has 1 saturated heterocycles. The highest BCUT2D eigenvalue weighted by atomic mass is 16.7. The number of ether oxygens (including phenoxy) is 2. The fourth-order valence-corrected chi connectivity index (χ4v) is 1.93. The maximum absolute atomic E-state index is 11.8. The number of rotatable bonds is 8. The van der Waals surface area contributed by atoms with Gasteiger partial charge in [0.15, 0.2) is 6.29 Å². The Hall–Kier alpha value is -0.410. The minimum atomic E-state index is -0.273. The molecule has 0 radical (unpaired) electrons. The third kappa shape index (κ3) is 5.08. The highest BCUT2D eigenvalue weighted by Gasteiger charge is 2.22. The van der Waals surface area contributed by atoms with Crippen molar-refractivity contribution in [3.05, 3.63) is 0 Å². The maximum atomic E-state index is 11.8. The predicted molar refractivity (Wildman–Crippen MR) is 63.2 cm³/mol. The topological polar surface area (TPSA) is 35.5 Å². The Morgan fingerprint density at radius 2 is 1.94 bits per heavy atom. The molecule has 3 heteroatoms. The van der Waals surface area contributed by atoms with Crippen LogP contribution in [0.4, 0.5) is 0 Å². The lowest BCUT2D eigenvalue weighted by Crippen LogP contribution is -2.19. The van der Waals surface area contributed by atoms with E-state index in [4.69, 9.17) is 9.47 Å². The van der Waals surface area contributed by atoms with E-state index in [0.717, 1.165) is 12.8 Å². The molecular weight excluding hydrogens is 204 g/mol. The van der Waals surface area contributed by atoms with Crippen molar-refractivity contribution in [3.8, 4) is 0 Å². The lowest BCUT2D eigenvalue weighted by Gasteiger charge is -2.13. The molecule has 0 N–H and O–H groups in total. The van der Waals surface area contributed by atoms with Gasteiger partial charge in [-0.25, -0.2) is 0 Å². The molecule has 1 heterocycles. The van der Waals surface area contributed by atoms with Gasteiger partial charge in [-0.05, 0) is 6.42 Å². The number of unbranched alkanes of at least 4 members (excludes halogenated alkanes) is 3. The lowest BCUT2D eigenvalue weighted by atomic mass is 9.96. The Labute approximate surface area is 98.5 Å². The minimum absolute atomic E-state index is 0.157. The third-order valence-electron chi connectivity index (χ3n) is 3.10. The second-order valence-corrected chi connectivity index (χ2v) is 4.59. The molecular formula is C13H24O3. The van der Waals surface area contributed by atoms with Gasteiger partial charge in [0.1, 0.15) is 5.78 Å². The Kier molecular flexibility index (Phi) is 6.65. The monoisotopic (exact) mass is 228 g/mol. The maximum Gasteiger partial charge on any atom is 0.164 e. The first kappa shape index (κ1) is 13.7. The van der Waals surface area contributed by atoms with E-state index in [1.165, 1.54) is 19.3 Å². The Bertz CT molecular complexity index is 197. The van der Waals surface area contributed by atoms with Gasteiger partial charge in [-0.3, -0.25) is 4.79 Å². The number of Topliss-reactive ketones (excluding diaryl/α,β-unsaturated/α-hetero) is 1. The predicted octanol–water partition coefficient (Wildman–Crippen LogP) is 2.93. The SMILES string of the molecule is CCCCCCC(C)C(=O)CC1OCCO1. The van der Waals surface area contributed by atoms with Crippen LogP contribution in [0.3, 0.4) is 0 Å². The van der Waals surface area contributed by atoms with Crippen molar-refractivity contribution in [1.29, 1.82) is 0 Å². The molecule has 0 spiro atoms. The quantitative estimate of drug-likeness (QED) is 0.599. The minimum Gasteiger partial charge on any atom is -0.350 e. The molecule has 0 aromatic rings. The van der Waals surface area contributed by atoms with Gasteiger partial charge in [0.2, 0.25) is 0 Å². The van der Waals surface area contributed by atoms with E-state index < -0.39 is 0 Å². The van der Waals surface area contributed by atoms with Gasteiger partial charge in [-0.2, -0.15) is 0 Å². The number of hydrogen-bond acceptors (Lipinski definition) is 3. The van der Waals surface area contributed by atoms with Crippen molar-refractivity contribution in [2.75, 3.05) is 13.2 Å². The Morgan fingerprint density at radius 3 is 2.56 bits per heavy atom. The third-order valence-corrected chi connectivity index (χ3v) is 3.10. The molecule has 0 saturated carbocycles. The molecule has 1 rings (SSSR count). The summed E-state index contributed by atoms with van der Waals surface area (Å²) in [6, 6.07) is 0. The van der Waals surface area contributed by atoms with E-state index in [1.807, 2.05) is 6.92 Å². The Morgan fingerprint density at radius 1 is 1.25 bits per heavy atom. The fourth-order valence-electron chi connectivity index (χ4n) is 1.93. The van der Waals surface area contributed by atoms with Crippen molar-refractivity contribution in [1.82, 2.24) is 0 Å². The molecule has 3 nitrogen and oxygen atoms in total. The van der Waals surface area contributed by atoms with E-state index in [1.54, 1.807) is 0 Å². The molecule has 1 atom stereocenters. The van der Waals surface area contributed by atoms with E-state index >= 15 is 0 Å². The van der Waals surface area contributed by atoms with Gasteiger partial charge in [0, 0.05) is 5.92 Å². The van der Waals surface area contributed by atoms with Gasteiger partial charge in [0.05, 0.1) is 19.6 Å². The molecule has 16 heavy (non-hydrogen) atoms. The molecule has 0 amide bonds. The van der Waals surface area contributed by atoms with Gasteiger partial charge >= 0.3 is 0 Å². The molecule has 1 fully saturated rings. The number of ketones is 1. The van der Waals surface area contributed by atoms with Gasteiger partial charge in [-0.15, -0.1) is 0 Å². The highest BCUT2D eigenvalue weighted by molar-refractivity contribution is 5.80. The molecule has 0 aromatic heterocycles. The normalized spacial score (nSPS) is 18.9. The summed E-state index contributed by atoms with van der Waals surface area (Å²) < 4.78 is 10.5. The molecule has 1 aliphatic heterocycles. The molecule has 1 aliphatic rings. The van der Waals surface area contributed by atoms with E-state index in [9.17, 15) is 4.79 Å². The smallest absolute Gasteiger partial charge is 0.164 e. The number of carbonyl (C=O) groups is 1. The van der Waals surface area contributed by atoms with Crippen LogP contribution in [-0.4, -0.2) is 25.3 Å². The average Bonchev–Trinajstić information content (AvgIpc) is 2.76. The van der Waals surface area contributed by atoms with Crippen LogP contribution < -0.4 is 0 Å². The summed E-state index contributed by atoms with van der Waals surface area (Å²) in [5.41, 5.74) is 0. The van der Waals surface area contributed by atoms with Crippen LogP contribution in [0.15, 0.2) is 0 Å². The van der Waals surface area contributed by atoms with Crippen molar-refractivity contribution >= 4 is 5.78 Å². The zero-order valence-corrected chi connectivity index (χ0v) is 10.5. The first-order valence-corrected chi connectivity index (χ1v) is 6.50. The standard InChI is InChI=1S/C13H24O3/c1-3-4-5-6-7-11(2)12(14)10-13-15-8-9-16-13/h11,13H,3-10H2,1-2H3. The van der Waals surface area contributed by atoms with Crippen LogP contribution in [0.25, 0.3) is 0 Å². The first-order valence-electron chi connectivity index (χ1n) is 6.50. The van der Waals surface area contributed by atoms with Gasteiger partial charge in [0.25, 0.3) is 0 Å². The van der Waals surface area contributed by atoms with Crippen molar-refractivity contribution < 1.29 is 14.3 Å². The largest absolute Gasteiger partial charge is 0.350 e. The molecule has 94 valence electrons. The van der Waals surface area contributed by atoms with Crippen LogP contribution in [0.2, 0.25) is 0 Å². The first-order chi connectivity index (χ1) is 7.74. The summed E-state index contributed by atoms with van der Waals surface area (Å²) in [5.74, 6) is 0.438. The zero-order chi connectivity index (χ0) is 11.8. The molecule has 1 unspecified atom stereocenters. The summed E-state index contributed by atoms with van der Waals surface area (Å²) in [4.78, 5) is 11.8. The van der Waals surface area contributed by atoms with E-state index in [0.29, 0.717) is 19.6 Å². The second kappa shape index (κ2) is 7.80. The summed E-state index contributed by atoms with van der Waals surface area (Å²) in [6.45, 7) is 5.47. The molecule has 0 aliphatic carbocycles. The Balaban J connectivity index is 2.09. The number of hydrogen-bond donors (Lipinski definition) is 0. The van der Waals surface area contributed by atoms with Crippen molar-refractivity contribution in [2.45, 2.75) is 58.7 Å². The molecule has 0 bridgehead atoms. The number of carbonyl (C=O) groups excluding carboxylic acids is 1. The van der Waals surface area contributed by atoms with E-state index in [2.05, 4.69) is 6.92 Å². The summed E-state index contributed by atoms with van der Waals surface area (Å²) in [5, 5.41) is 0. The lowest BCUT2D eigenvalue weighted by molar-refractivity contribution is -0.130.